The highest BCUT2D eigenvalue weighted by Gasteiger charge is 2.69. The molecule has 1 aromatic carbocycles. The molecule has 0 amide bonds. The quantitative estimate of drug-likeness (QED) is 0.427. The number of hydrogen-bond acceptors (Lipinski definition) is 7. The summed E-state index contributed by atoms with van der Waals surface area (Å²) in [7, 11) is 0. The number of carbonyl (C=O) groups is 1. The van der Waals surface area contributed by atoms with E-state index in [1.54, 1.807) is 0 Å². The van der Waals surface area contributed by atoms with Gasteiger partial charge in [-0.25, -0.2) is 4.79 Å². The maximum absolute atomic E-state index is 13.0. The van der Waals surface area contributed by atoms with Crippen LogP contribution in [0.2, 0.25) is 0 Å². The van der Waals surface area contributed by atoms with Gasteiger partial charge in [0.1, 0.15) is 6.10 Å². The fraction of sp³-hybridized carbons (Fsp3) is 0.682. The van der Waals surface area contributed by atoms with Gasteiger partial charge in [-0.15, -0.1) is 0 Å². The minimum absolute atomic E-state index is 0.0292. The topological polar surface area (TPSA) is 133 Å². The summed E-state index contributed by atoms with van der Waals surface area (Å²) >= 11 is 0. The highest BCUT2D eigenvalue weighted by Crippen LogP contribution is 2.71. The molecular weight excluding hydrogens is 404 g/mol. The third kappa shape index (κ3) is 3.48. The molecular formula is C22H28N2O7. The second-order valence-corrected chi connectivity index (χ2v) is 10.7. The van der Waals surface area contributed by atoms with Gasteiger partial charge in [-0.3, -0.25) is 20.2 Å². The van der Waals surface area contributed by atoms with Crippen LogP contribution in [-0.2, 0) is 4.74 Å². The average Bonchev–Trinajstić information content (AvgIpc) is 3.26. The molecule has 0 radical (unpaired) electrons. The van der Waals surface area contributed by atoms with Gasteiger partial charge in [-0.05, 0) is 49.9 Å². The highest BCUT2D eigenvalue weighted by atomic mass is 16.6. The number of aliphatic hydroxyl groups is 1. The maximum Gasteiger partial charge on any atom is 0.338 e. The first-order valence-corrected chi connectivity index (χ1v) is 10.6. The van der Waals surface area contributed by atoms with Gasteiger partial charge in [0, 0.05) is 23.5 Å². The van der Waals surface area contributed by atoms with Crippen molar-refractivity contribution in [3.63, 3.8) is 0 Å². The van der Waals surface area contributed by atoms with Crippen LogP contribution in [0.3, 0.4) is 0 Å². The van der Waals surface area contributed by atoms with Crippen molar-refractivity contribution in [1.29, 1.82) is 0 Å². The Bertz CT molecular complexity index is 940. The van der Waals surface area contributed by atoms with E-state index in [2.05, 4.69) is 6.92 Å². The van der Waals surface area contributed by atoms with E-state index in [9.17, 15) is 30.1 Å². The molecule has 31 heavy (non-hydrogen) atoms. The molecule has 0 aromatic heterocycles. The number of nitrogens with zero attached hydrogens (tertiary/aromatic N) is 2. The molecule has 1 N–H and O–H groups in total. The van der Waals surface area contributed by atoms with Crippen molar-refractivity contribution >= 4 is 17.3 Å². The number of esters is 1. The van der Waals surface area contributed by atoms with Crippen molar-refractivity contribution in [2.45, 2.75) is 65.1 Å². The normalized spacial score (nSPS) is 37.8. The van der Waals surface area contributed by atoms with Crippen LogP contribution in [0.5, 0.6) is 0 Å². The lowest BCUT2D eigenvalue weighted by Gasteiger charge is -2.38. The first kappa shape index (κ1) is 21.7. The van der Waals surface area contributed by atoms with Crippen molar-refractivity contribution in [1.82, 2.24) is 0 Å². The van der Waals surface area contributed by atoms with Gasteiger partial charge < -0.3 is 9.84 Å². The van der Waals surface area contributed by atoms with E-state index < -0.39 is 44.3 Å². The largest absolute Gasteiger partial charge is 0.458 e. The molecule has 1 aromatic rings. The minimum atomic E-state index is -0.794. The van der Waals surface area contributed by atoms with E-state index in [1.807, 2.05) is 20.8 Å². The summed E-state index contributed by atoms with van der Waals surface area (Å²) in [4.78, 5) is 33.8. The molecule has 0 spiro atoms. The molecule has 1 unspecified atom stereocenters. The molecule has 3 aliphatic carbocycles. The number of benzene rings is 1. The van der Waals surface area contributed by atoms with Crippen LogP contribution in [0.15, 0.2) is 18.2 Å². The zero-order chi connectivity index (χ0) is 22.9. The Morgan fingerprint density at radius 1 is 1.00 bits per heavy atom. The molecule has 0 heterocycles. The van der Waals surface area contributed by atoms with Crippen molar-refractivity contribution in [3.8, 4) is 0 Å². The van der Waals surface area contributed by atoms with Crippen LogP contribution in [0.25, 0.3) is 0 Å². The van der Waals surface area contributed by atoms with Crippen LogP contribution in [-0.4, -0.2) is 32.6 Å². The molecule has 0 saturated heterocycles. The molecule has 9 nitrogen and oxygen atoms in total. The fourth-order valence-corrected chi connectivity index (χ4v) is 6.29. The predicted molar refractivity (Wildman–Crippen MR) is 110 cm³/mol. The minimum Gasteiger partial charge on any atom is -0.458 e. The molecule has 168 valence electrons. The second kappa shape index (κ2) is 6.72. The predicted octanol–water partition coefficient (Wildman–Crippen LogP) is 4.26. The van der Waals surface area contributed by atoms with Crippen molar-refractivity contribution in [2.75, 3.05) is 0 Å². The van der Waals surface area contributed by atoms with Gasteiger partial charge >= 0.3 is 5.97 Å². The van der Waals surface area contributed by atoms with Gasteiger partial charge in [0.05, 0.1) is 27.1 Å². The smallest absolute Gasteiger partial charge is 0.338 e. The van der Waals surface area contributed by atoms with Gasteiger partial charge in [-0.1, -0.05) is 20.8 Å². The van der Waals surface area contributed by atoms with E-state index in [4.69, 9.17) is 4.74 Å². The summed E-state index contributed by atoms with van der Waals surface area (Å²) < 4.78 is 5.93. The summed E-state index contributed by atoms with van der Waals surface area (Å²) in [5, 5.41) is 33.3. The molecule has 3 saturated carbocycles. The third-order valence-electron chi connectivity index (χ3n) is 8.12. The van der Waals surface area contributed by atoms with Crippen molar-refractivity contribution in [2.24, 2.45) is 28.6 Å². The maximum atomic E-state index is 13.0. The summed E-state index contributed by atoms with van der Waals surface area (Å²) in [5.74, 6) is -0.198. The van der Waals surface area contributed by atoms with E-state index in [-0.39, 0.29) is 22.8 Å². The lowest BCUT2D eigenvalue weighted by Crippen LogP contribution is -2.40. The standard InChI is InChI=1S/C22H28N2O7/c1-20(2)10-16-15(5-6-22(16,4)26)21(3)11-17(21)18(20)31-19(25)12-7-13(23(27)28)9-14(8-12)24(29)30/h7-9,15-18,26H,5-6,10-11H2,1-4H3/t15-,16+,17?,18-,21+,22-/m1/s1. The lowest BCUT2D eigenvalue weighted by molar-refractivity contribution is -0.394. The van der Waals surface area contributed by atoms with E-state index in [0.717, 1.165) is 37.5 Å². The Labute approximate surface area is 180 Å². The molecule has 4 rings (SSSR count). The van der Waals surface area contributed by atoms with Gasteiger partial charge in [0.15, 0.2) is 0 Å². The summed E-state index contributed by atoms with van der Waals surface area (Å²) in [5.41, 5.74) is -2.45. The van der Waals surface area contributed by atoms with Crippen LogP contribution in [0.1, 0.15) is 63.7 Å². The number of non-ortho nitro benzene ring substituents is 2. The summed E-state index contributed by atoms with van der Waals surface area (Å²) in [6.45, 7) is 8.13. The Morgan fingerprint density at radius 3 is 2.13 bits per heavy atom. The fourth-order valence-electron chi connectivity index (χ4n) is 6.29. The molecule has 6 atom stereocenters. The van der Waals surface area contributed by atoms with Gasteiger partial charge in [0.2, 0.25) is 0 Å². The lowest BCUT2D eigenvalue weighted by atomic mass is 9.71. The SMILES string of the molecule is CC1(C)C[C@H]2[C@@H](CC[C@@]2(C)O)[C@]2(C)CC2[C@H]1OC(=O)c1cc([N+](=O)[O-])cc([N+](=O)[O-])c1. The second-order valence-electron chi connectivity index (χ2n) is 10.7. The molecule has 9 heteroatoms. The average molecular weight is 432 g/mol. The molecule has 3 aliphatic rings. The number of hydrogen-bond donors (Lipinski definition) is 1. The molecule has 0 bridgehead atoms. The van der Waals surface area contributed by atoms with Gasteiger partial charge in [-0.2, -0.15) is 0 Å². The van der Waals surface area contributed by atoms with E-state index >= 15 is 0 Å². The van der Waals surface area contributed by atoms with Crippen LogP contribution < -0.4 is 0 Å². The summed E-state index contributed by atoms with van der Waals surface area (Å²) in [6.07, 6.45) is 2.86. The van der Waals surface area contributed by atoms with Crippen LogP contribution >= 0.6 is 0 Å². The summed E-state index contributed by atoms with van der Waals surface area (Å²) in [6, 6.07) is 2.86. The number of rotatable bonds is 4. The zero-order valence-corrected chi connectivity index (χ0v) is 18.2. The van der Waals surface area contributed by atoms with E-state index in [0.29, 0.717) is 12.3 Å². The zero-order valence-electron chi connectivity index (χ0n) is 18.2. The first-order chi connectivity index (χ1) is 14.3. The third-order valence-corrected chi connectivity index (χ3v) is 8.12. The van der Waals surface area contributed by atoms with Crippen LogP contribution in [0.4, 0.5) is 11.4 Å². The number of carbonyl (C=O) groups excluding carboxylic acids is 1. The number of nitro benzene ring substituents is 2. The first-order valence-electron chi connectivity index (χ1n) is 10.6. The number of ether oxygens (including phenoxy) is 1. The highest BCUT2D eigenvalue weighted by molar-refractivity contribution is 5.91. The molecule has 0 aliphatic heterocycles. The Balaban J connectivity index is 1.65. The number of nitro groups is 2. The van der Waals surface area contributed by atoms with Crippen molar-refractivity contribution in [3.05, 3.63) is 44.0 Å². The Morgan fingerprint density at radius 2 is 1.58 bits per heavy atom. The number of fused-ring (bicyclic) bond motifs is 3. The van der Waals surface area contributed by atoms with Crippen LogP contribution in [0, 0.1) is 48.8 Å². The Hall–Kier alpha value is -2.55. The Kier molecular flexibility index (Phi) is 4.70. The monoisotopic (exact) mass is 432 g/mol. The molecule has 3 fully saturated rings. The van der Waals surface area contributed by atoms with Gasteiger partial charge in [0.25, 0.3) is 11.4 Å². The van der Waals surface area contributed by atoms with E-state index in [1.165, 1.54) is 0 Å². The van der Waals surface area contributed by atoms with Crippen molar-refractivity contribution < 1.29 is 24.5 Å².